The first-order valence-corrected chi connectivity index (χ1v) is 8.22. The zero-order valence-corrected chi connectivity index (χ0v) is 13.5. The van der Waals surface area contributed by atoms with Crippen LogP contribution in [0.15, 0.2) is 30.7 Å². The molecular formula is C17H20FN5O. The van der Waals surface area contributed by atoms with Gasteiger partial charge in [0.1, 0.15) is 0 Å². The van der Waals surface area contributed by atoms with Gasteiger partial charge < -0.3 is 10.6 Å². The molecule has 0 aromatic carbocycles. The summed E-state index contributed by atoms with van der Waals surface area (Å²) in [7, 11) is 0. The zero-order chi connectivity index (χ0) is 16.7. The van der Waals surface area contributed by atoms with E-state index in [1.54, 1.807) is 12.3 Å². The van der Waals surface area contributed by atoms with Gasteiger partial charge in [0, 0.05) is 25.2 Å². The van der Waals surface area contributed by atoms with E-state index in [2.05, 4.69) is 20.7 Å². The molecular weight excluding hydrogens is 309 g/mol. The molecule has 2 N–H and O–H groups in total. The number of carbonyl (C=O) groups is 1. The third kappa shape index (κ3) is 2.69. The van der Waals surface area contributed by atoms with Crippen molar-refractivity contribution >= 4 is 5.91 Å². The lowest BCUT2D eigenvalue weighted by Crippen LogP contribution is -2.62. The summed E-state index contributed by atoms with van der Waals surface area (Å²) >= 11 is 0. The molecule has 6 nitrogen and oxygen atoms in total. The molecule has 1 aliphatic carbocycles. The van der Waals surface area contributed by atoms with Gasteiger partial charge in [0.2, 0.25) is 5.91 Å². The Hall–Kier alpha value is -2.28. The lowest BCUT2D eigenvalue weighted by molar-refractivity contribution is -0.135. The van der Waals surface area contributed by atoms with Gasteiger partial charge in [-0.25, -0.2) is 14.1 Å². The van der Waals surface area contributed by atoms with Crippen LogP contribution in [0.2, 0.25) is 0 Å². The lowest BCUT2D eigenvalue weighted by Gasteiger charge is -2.53. The Morgan fingerprint density at radius 1 is 1.42 bits per heavy atom. The monoisotopic (exact) mass is 329 g/mol. The van der Waals surface area contributed by atoms with Crippen molar-refractivity contribution < 1.29 is 9.18 Å². The van der Waals surface area contributed by atoms with Crippen molar-refractivity contribution in [1.29, 1.82) is 0 Å². The Morgan fingerprint density at radius 3 is 2.75 bits per heavy atom. The molecule has 1 spiro atoms. The van der Waals surface area contributed by atoms with Gasteiger partial charge in [-0.2, -0.15) is 5.10 Å². The van der Waals surface area contributed by atoms with Crippen LogP contribution in [0.4, 0.5) is 4.39 Å². The van der Waals surface area contributed by atoms with E-state index in [1.807, 2.05) is 13.0 Å². The smallest absolute Gasteiger partial charge is 0.223 e. The minimum Gasteiger partial charge on any atom is -0.349 e. The minimum atomic E-state index is -0.401. The molecule has 1 aliphatic heterocycles. The number of nitrogens with zero attached hydrogens (tertiary/aromatic N) is 3. The Bertz CT molecular complexity index is 745. The van der Waals surface area contributed by atoms with E-state index in [9.17, 15) is 9.18 Å². The van der Waals surface area contributed by atoms with E-state index in [1.165, 1.54) is 10.9 Å². The topological polar surface area (TPSA) is 71.8 Å². The Morgan fingerprint density at radius 2 is 2.21 bits per heavy atom. The average molecular weight is 329 g/mol. The van der Waals surface area contributed by atoms with Crippen LogP contribution in [0.25, 0.3) is 5.82 Å². The van der Waals surface area contributed by atoms with E-state index in [4.69, 9.17) is 0 Å². The van der Waals surface area contributed by atoms with Crippen molar-refractivity contribution in [2.45, 2.75) is 25.8 Å². The fraction of sp³-hybridized carbons (Fsp3) is 0.471. The number of hydrogen-bond donors (Lipinski definition) is 2. The van der Waals surface area contributed by atoms with E-state index >= 15 is 0 Å². The van der Waals surface area contributed by atoms with Crippen LogP contribution in [0.1, 0.15) is 31.4 Å². The second-order valence-electron chi connectivity index (χ2n) is 6.99. The molecule has 1 amide bonds. The van der Waals surface area contributed by atoms with Gasteiger partial charge in [0.15, 0.2) is 11.6 Å². The molecule has 1 saturated heterocycles. The molecule has 0 bridgehead atoms. The first-order valence-electron chi connectivity index (χ1n) is 8.22. The van der Waals surface area contributed by atoms with Crippen LogP contribution in [0, 0.1) is 17.2 Å². The van der Waals surface area contributed by atoms with Crippen molar-refractivity contribution in [2.24, 2.45) is 11.3 Å². The number of aromatic nitrogens is 3. The maximum atomic E-state index is 13.0. The lowest BCUT2D eigenvalue weighted by atomic mass is 9.58. The third-order valence-corrected chi connectivity index (χ3v) is 5.14. The highest BCUT2D eigenvalue weighted by Gasteiger charge is 2.50. The molecule has 126 valence electrons. The summed E-state index contributed by atoms with van der Waals surface area (Å²) in [5.41, 5.74) is 1.31. The average Bonchev–Trinajstić information content (AvgIpc) is 2.91. The van der Waals surface area contributed by atoms with Crippen LogP contribution in [-0.4, -0.2) is 33.8 Å². The maximum Gasteiger partial charge on any atom is 0.223 e. The predicted octanol–water partition coefficient (Wildman–Crippen LogP) is 1.58. The Kier molecular flexibility index (Phi) is 3.60. The first kappa shape index (κ1) is 15.3. The zero-order valence-electron chi connectivity index (χ0n) is 13.5. The van der Waals surface area contributed by atoms with Gasteiger partial charge in [0.05, 0.1) is 18.4 Å². The quantitative estimate of drug-likeness (QED) is 0.893. The van der Waals surface area contributed by atoms with Crippen molar-refractivity contribution in [1.82, 2.24) is 25.4 Å². The summed E-state index contributed by atoms with van der Waals surface area (Å²) < 4.78 is 14.4. The number of rotatable bonds is 4. The summed E-state index contributed by atoms with van der Waals surface area (Å²) in [4.78, 5) is 16.6. The SMILES string of the molecule is C[C@H](NC(=O)C1CC2(CNC2)C1)c1ccc(-n2cc(F)cn2)nc1. The highest BCUT2D eigenvalue weighted by atomic mass is 19.1. The maximum absolute atomic E-state index is 13.0. The fourth-order valence-electron chi connectivity index (χ4n) is 3.57. The van der Waals surface area contributed by atoms with Crippen LogP contribution in [0.5, 0.6) is 0 Å². The Labute approximate surface area is 139 Å². The van der Waals surface area contributed by atoms with Crippen LogP contribution >= 0.6 is 0 Å². The number of nitrogens with one attached hydrogen (secondary N) is 2. The molecule has 0 radical (unpaired) electrons. The summed E-state index contributed by atoms with van der Waals surface area (Å²) in [6, 6.07) is 3.54. The minimum absolute atomic E-state index is 0.107. The van der Waals surface area contributed by atoms with Crippen molar-refractivity contribution in [3.63, 3.8) is 0 Å². The highest BCUT2D eigenvalue weighted by Crippen LogP contribution is 2.48. The fourth-order valence-corrected chi connectivity index (χ4v) is 3.57. The van der Waals surface area contributed by atoms with Crippen LogP contribution < -0.4 is 10.6 Å². The molecule has 1 atom stereocenters. The second-order valence-corrected chi connectivity index (χ2v) is 6.99. The number of halogens is 1. The largest absolute Gasteiger partial charge is 0.349 e. The summed E-state index contributed by atoms with van der Waals surface area (Å²) in [6.45, 7) is 4.04. The normalized spacial score (nSPS) is 20.2. The summed E-state index contributed by atoms with van der Waals surface area (Å²) in [5.74, 6) is 0.396. The van der Waals surface area contributed by atoms with Crippen molar-refractivity contribution in [2.75, 3.05) is 13.1 Å². The van der Waals surface area contributed by atoms with E-state index in [0.717, 1.165) is 37.7 Å². The molecule has 4 rings (SSSR count). The second kappa shape index (κ2) is 5.66. The molecule has 24 heavy (non-hydrogen) atoms. The van der Waals surface area contributed by atoms with Gasteiger partial charge in [-0.3, -0.25) is 4.79 Å². The molecule has 2 aromatic heterocycles. The predicted molar refractivity (Wildman–Crippen MR) is 85.9 cm³/mol. The molecule has 1 saturated carbocycles. The number of pyridine rings is 1. The molecule has 2 fully saturated rings. The highest BCUT2D eigenvalue weighted by molar-refractivity contribution is 5.80. The van der Waals surface area contributed by atoms with Crippen LogP contribution in [-0.2, 0) is 4.79 Å². The van der Waals surface area contributed by atoms with Gasteiger partial charge >= 0.3 is 0 Å². The van der Waals surface area contributed by atoms with E-state index in [-0.39, 0.29) is 17.9 Å². The van der Waals surface area contributed by atoms with Gasteiger partial charge in [-0.15, -0.1) is 0 Å². The summed E-state index contributed by atoms with van der Waals surface area (Å²) in [6.07, 6.45) is 6.08. The standard InChI is InChI=1S/C17H20FN5O/c1-11(22-16(24)13-4-17(5-13)9-19-10-17)12-2-3-15(20-6-12)23-8-14(18)7-21-23/h2-3,6-8,11,13,19H,4-5,9-10H2,1H3,(H,22,24)/t11-/m0/s1. The number of hydrogen-bond acceptors (Lipinski definition) is 4. The van der Waals surface area contributed by atoms with E-state index < -0.39 is 5.82 Å². The molecule has 2 aliphatic rings. The van der Waals surface area contributed by atoms with Gasteiger partial charge in [0.25, 0.3) is 0 Å². The first-order chi connectivity index (χ1) is 11.5. The summed E-state index contributed by atoms with van der Waals surface area (Å²) in [5, 5.41) is 10.2. The third-order valence-electron chi connectivity index (χ3n) is 5.14. The van der Waals surface area contributed by atoms with E-state index in [0.29, 0.717) is 11.2 Å². The van der Waals surface area contributed by atoms with Crippen molar-refractivity contribution in [3.8, 4) is 5.82 Å². The van der Waals surface area contributed by atoms with Gasteiger partial charge in [-0.05, 0) is 36.8 Å². The number of amides is 1. The molecule has 7 heteroatoms. The van der Waals surface area contributed by atoms with Crippen LogP contribution in [0.3, 0.4) is 0 Å². The molecule has 2 aromatic rings. The van der Waals surface area contributed by atoms with Gasteiger partial charge in [-0.1, -0.05) is 6.07 Å². The number of carbonyl (C=O) groups excluding carboxylic acids is 1. The molecule has 0 unspecified atom stereocenters. The van der Waals surface area contributed by atoms with Crippen molar-refractivity contribution in [3.05, 3.63) is 42.1 Å². The Balaban J connectivity index is 1.36. The molecule has 3 heterocycles.